The molecule has 4 atom stereocenters. The molecule has 2 aliphatic rings. The summed E-state index contributed by atoms with van der Waals surface area (Å²) in [6, 6.07) is 8.13. The summed E-state index contributed by atoms with van der Waals surface area (Å²) in [7, 11) is 0. The predicted molar refractivity (Wildman–Crippen MR) is 66.9 cm³/mol. The lowest BCUT2D eigenvalue weighted by Crippen LogP contribution is -2.20. The van der Waals surface area contributed by atoms with Crippen molar-refractivity contribution in [1.29, 1.82) is 0 Å². The highest BCUT2D eigenvalue weighted by Gasteiger charge is 2.43. The molecule has 1 N–H and O–H groups in total. The summed E-state index contributed by atoms with van der Waals surface area (Å²) in [5.74, 6) is 2.09. The molecule has 2 aliphatic carbocycles. The molecule has 0 heterocycles. The highest BCUT2D eigenvalue weighted by Crippen LogP contribution is 2.43. The lowest BCUT2D eigenvalue weighted by atomic mass is 9.94. The second-order valence-corrected chi connectivity index (χ2v) is 5.24. The van der Waals surface area contributed by atoms with Crippen LogP contribution in [0, 0.1) is 24.7 Å². The first-order valence-corrected chi connectivity index (χ1v) is 6.30. The van der Waals surface area contributed by atoms with Gasteiger partial charge in [-0.15, -0.1) is 0 Å². The van der Waals surface area contributed by atoms with Gasteiger partial charge in [0.2, 0.25) is 0 Å². The molecule has 2 bridgehead atoms. The molecule has 1 aromatic rings. The lowest BCUT2D eigenvalue weighted by Gasteiger charge is -2.18. The van der Waals surface area contributed by atoms with Gasteiger partial charge in [-0.2, -0.15) is 0 Å². The summed E-state index contributed by atoms with van der Waals surface area (Å²) >= 11 is 0. The Labute approximate surface area is 102 Å². The normalized spacial score (nSPS) is 34.2. The van der Waals surface area contributed by atoms with Gasteiger partial charge in [0.05, 0.1) is 12.7 Å². The molecule has 0 aliphatic heterocycles. The molecule has 0 spiro atoms. The number of hydrogen-bond donors (Lipinski definition) is 1. The lowest BCUT2D eigenvalue weighted by molar-refractivity contribution is 0.121. The summed E-state index contributed by atoms with van der Waals surface area (Å²) < 4.78 is 5.83. The van der Waals surface area contributed by atoms with Crippen LogP contribution in [0.5, 0.6) is 5.75 Å². The van der Waals surface area contributed by atoms with E-state index in [0.29, 0.717) is 24.4 Å². The van der Waals surface area contributed by atoms with Crippen LogP contribution in [-0.2, 0) is 0 Å². The SMILES string of the molecule is Cc1cccc(OCC2CC3C=CC2C3O)c1. The van der Waals surface area contributed by atoms with Crippen molar-refractivity contribution < 1.29 is 9.84 Å². The third kappa shape index (κ3) is 1.98. The van der Waals surface area contributed by atoms with Crippen LogP contribution in [-0.4, -0.2) is 17.8 Å². The maximum Gasteiger partial charge on any atom is 0.119 e. The van der Waals surface area contributed by atoms with E-state index >= 15 is 0 Å². The van der Waals surface area contributed by atoms with Gasteiger partial charge in [-0.1, -0.05) is 24.3 Å². The van der Waals surface area contributed by atoms with Gasteiger partial charge in [0.15, 0.2) is 0 Å². The highest BCUT2D eigenvalue weighted by molar-refractivity contribution is 5.27. The van der Waals surface area contributed by atoms with E-state index in [-0.39, 0.29) is 6.10 Å². The van der Waals surface area contributed by atoms with Crippen LogP contribution in [0.15, 0.2) is 36.4 Å². The van der Waals surface area contributed by atoms with Crippen LogP contribution in [0.3, 0.4) is 0 Å². The van der Waals surface area contributed by atoms with Crippen molar-refractivity contribution in [2.24, 2.45) is 17.8 Å². The standard InChI is InChI=1S/C15H18O2/c1-10-3-2-4-13(7-10)17-9-12-8-11-5-6-14(12)15(11)16/h2-7,11-12,14-16H,8-9H2,1H3. The van der Waals surface area contributed by atoms with Crippen molar-refractivity contribution in [3.05, 3.63) is 42.0 Å². The number of aliphatic hydroxyl groups excluding tert-OH is 1. The Morgan fingerprint density at radius 3 is 2.88 bits per heavy atom. The van der Waals surface area contributed by atoms with E-state index < -0.39 is 0 Å². The second-order valence-electron chi connectivity index (χ2n) is 5.24. The first kappa shape index (κ1) is 10.8. The Balaban J connectivity index is 1.61. The van der Waals surface area contributed by atoms with Gasteiger partial charge in [0.1, 0.15) is 5.75 Å². The molecule has 2 heteroatoms. The van der Waals surface area contributed by atoms with Crippen molar-refractivity contribution >= 4 is 0 Å². The number of rotatable bonds is 3. The van der Waals surface area contributed by atoms with Crippen LogP contribution in [0.4, 0.5) is 0 Å². The van der Waals surface area contributed by atoms with Crippen molar-refractivity contribution in [2.45, 2.75) is 19.4 Å². The largest absolute Gasteiger partial charge is 0.493 e. The van der Waals surface area contributed by atoms with Crippen LogP contribution < -0.4 is 4.74 Å². The molecular weight excluding hydrogens is 212 g/mol. The van der Waals surface area contributed by atoms with E-state index in [2.05, 4.69) is 31.2 Å². The number of aliphatic hydroxyl groups is 1. The third-order valence-corrected chi connectivity index (χ3v) is 3.99. The van der Waals surface area contributed by atoms with Crippen molar-refractivity contribution in [1.82, 2.24) is 0 Å². The molecule has 0 aromatic heterocycles. The van der Waals surface area contributed by atoms with Crippen LogP contribution in [0.2, 0.25) is 0 Å². The van der Waals surface area contributed by atoms with Crippen molar-refractivity contribution in [3.8, 4) is 5.75 Å². The molecule has 1 aromatic carbocycles. The molecule has 1 saturated carbocycles. The molecule has 0 saturated heterocycles. The summed E-state index contributed by atoms with van der Waals surface area (Å²) in [6.07, 6.45) is 5.21. The summed E-state index contributed by atoms with van der Waals surface area (Å²) in [4.78, 5) is 0. The topological polar surface area (TPSA) is 29.5 Å². The smallest absolute Gasteiger partial charge is 0.119 e. The highest BCUT2D eigenvalue weighted by atomic mass is 16.5. The Kier molecular flexibility index (Phi) is 2.67. The van der Waals surface area contributed by atoms with Gasteiger partial charge in [-0.25, -0.2) is 0 Å². The number of ether oxygens (including phenoxy) is 1. The van der Waals surface area contributed by atoms with E-state index in [0.717, 1.165) is 12.2 Å². The van der Waals surface area contributed by atoms with E-state index in [4.69, 9.17) is 4.74 Å². The van der Waals surface area contributed by atoms with E-state index in [1.54, 1.807) is 0 Å². The van der Waals surface area contributed by atoms with E-state index in [9.17, 15) is 5.11 Å². The zero-order valence-electron chi connectivity index (χ0n) is 10.0. The van der Waals surface area contributed by atoms with E-state index in [1.807, 2.05) is 12.1 Å². The molecule has 4 unspecified atom stereocenters. The summed E-state index contributed by atoms with van der Waals surface area (Å²) in [6.45, 7) is 2.78. The number of aryl methyl sites for hydroxylation is 1. The summed E-state index contributed by atoms with van der Waals surface area (Å²) in [5, 5.41) is 9.92. The van der Waals surface area contributed by atoms with Gasteiger partial charge in [0, 0.05) is 17.8 Å². The zero-order valence-corrected chi connectivity index (χ0v) is 10.0. The minimum Gasteiger partial charge on any atom is -0.493 e. The van der Waals surface area contributed by atoms with Gasteiger partial charge in [-0.05, 0) is 31.0 Å². The number of benzene rings is 1. The first-order chi connectivity index (χ1) is 8.24. The second kappa shape index (κ2) is 4.19. The Bertz CT molecular complexity index is 438. The van der Waals surface area contributed by atoms with Gasteiger partial charge >= 0.3 is 0 Å². The maximum absolute atomic E-state index is 9.92. The third-order valence-electron chi connectivity index (χ3n) is 3.99. The zero-order chi connectivity index (χ0) is 11.8. The molecule has 1 fully saturated rings. The van der Waals surface area contributed by atoms with Gasteiger partial charge < -0.3 is 9.84 Å². The number of hydrogen-bond acceptors (Lipinski definition) is 2. The fraction of sp³-hybridized carbons (Fsp3) is 0.467. The average molecular weight is 230 g/mol. The average Bonchev–Trinajstić information content (AvgIpc) is 2.82. The van der Waals surface area contributed by atoms with Crippen LogP contribution in [0.25, 0.3) is 0 Å². The van der Waals surface area contributed by atoms with Crippen molar-refractivity contribution in [3.63, 3.8) is 0 Å². The van der Waals surface area contributed by atoms with Gasteiger partial charge in [0.25, 0.3) is 0 Å². The summed E-state index contributed by atoms with van der Waals surface area (Å²) in [5.41, 5.74) is 1.22. The Hall–Kier alpha value is -1.28. The maximum atomic E-state index is 9.92. The quantitative estimate of drug-likeness (QED) is 0.809. The fourth-order valence-electron chi connectivity index (χ4n) is 3.03. The minimum atomic E-state index is -0.166. The molecule has 90 valence electrons. The first-order valence-electron chi connectivity index (χ1n) is 6.30. The minimum absolute atomic E-state index is 0.166. The van der Waals surface area contributed by atoms with Gasteiger partial charge in [-0.3, -0.25) is 0 Å². The molecule has 0 amide bonds. The van der Waals surface area contributed by atoms with E-state index in [1.165, 1.54) is 5.56 Å². The monoisotopic (exact) mass is 230 g/mol. The fourth-order valence-corrected chi connectivity index (χ4v) is 3.03. The van der Waals surface area contributed by atoms with Crippen LogP contribution >= 0.6 is 0 Å². The van der Waals surface area contributed by atoms with Crippen LogP contribution in [0.1, 0.15) is 12.0 Å². The molecule has 17 heavy (non-hydrogen) atoms. The molecule has 3 rings (SSSR count). The Morgan fingerprint density at radius 1 is 1.35 bits per heavy atom. The molecule has 0 radical (unpaired) electrons. The predicted octanol–water partition coefficient (Wildman–Crippen LogP) is 2.56. The Morgan fingerprint density at radius 2 is 2.24 bits per heavy atom. The molecular formula is C15H18O2. The van der Waals surface area contributed by atoms with Crippen molar-refractivity contribution in [2.75, 3.05) is 6.61 Å². The molecule has 2 nitrogen and oxygen atoms in total. The number of fused-ring (bicyclic) bond motifs is 2.